The lowest BCUT2D eigenvalue weighted by molar-refractivity contribution is -0.149. The van der Waals surface area contributed by atoms with E-state index in [9.17, 15) is 14.4 Å². The highest BCUT2D eigenvalue weighted by Crippen LogP contribution is 2.28. The lowest BCUT2D eigenvalue weighted by Crippen LogP contribution is -2.41. The number of hydrogen-bond donors (Lipinski definition) is 1. The Morgan fingerprint density at radius 2 is 1.96 bits per heavy atom. The predicted octanol–water partition coefficient (Wildman–Crippen LogP) is 2.26. The first-order valence-electron chi connectivity index (χ1n) is 8.73. The van der Waals surface area contributed by atoms with E-state index in [4.69, 9.17) is 4.74 Å². The second-order valence-electron chi connectivity index (χ2n) is 6.57. The summed E-state index contributed by atoms with van der Waals surface area (Å²) in [5.41, 5.74) is 2.91. The van der Waals surface area contributed by atoms with Gasteiger partial charge in [-0.2, -0.15) is 0 Å². The third-order valence-electron chi connectivity index (χ3n) is 5.05. The standard InChI is InChI=1S/C18H24N2O4/c1-3-24-18(23)12-7-9-20(10-8-12)17(22)16-11(2)15-13(19-16)5-4-6-14(15)21/h12,19H,3-10H2,1-2H3. The van der Waals surface area contributed by atoms with Crippen LogP contribution < -0.4 is 0 Å². The zero-order valence-electron chi connectivity index (χ0n) is 14.3. The minimum atomic E-state index is -0.165. The fourth-order valence-corrected chi connectivity index (χ4v) is 3.72. The Kier molecular flexibility index (Phi) is 4.73. The SMILES string of the molecule is CCOC(=O)C1CCN(C(=O)c2[nH]c3c(c2C)C(=O)CCC3)CC1. The number of piperidine rings is 1. The normalized spacial score (nSPS) is 18.4. The molecule has 130 valence electrons. The number of carbonyl (C=O) groups excluding carboxylic acids is 3. The first-order chi connectivity index (χ1) is 11.5. The van der Waals surface area contributed by atoms with Crippen molar-refractivity contribution in [3.63, 3.8) is 0 Å². The maximum absolute atomic E-state index is 12.8. The molecule has 1 aliphatic heterocycles. The first kappa shape index (κ1) is 16.7. The van der Waals surface area contributed by atoms with E-state index in [1.54, 1.807) is 11.8 Å². The van der Waals surface area contributed by atoms with Crippen molar-refractivity contribution < 1.29 is 19.1 Å². The van der Waals surface area contributed by atoms with Crippen molar-refractivity contribution in [1.29, 1.82) is 0 Å². The number of amides is 1. The number of likely N-dealkylation sites (tertiary alicyclic amines) is 1. The van der Waals surface area contributed by atoms with Gasteiger partial charge in [0.2, 0.25) is 0 Å². The van der Waals surface area contributed by atoms with Crippen LogP contribution in [0, 0.1) is 12.8 Å². The second kappa shape index (κ2) is 6.79. The predicted molar refractivity (Wildman–Crippen MR) is 88.1 cm³/mol. The van der Waals surface area contributed by atoms with Crippen LogP contribution in [0.5, 0.6) is 0 Å². The number of hydrogen-bond acceptors (Lipinski definition) is 4. The number of carbonyl (C=O) groups is 3. The van der Waals surface area contributed by atoms with Crippen LogP contribution in [0.25, 0.3) is 0 Å². The third kappa shape index (κ3) is 2.97. The number of ether oxygens (including phenoxy) is 1. The molecule has 1 aliphatic carbocycles. The van der Waals surface area contributed by atoms with Crippen LogP contribution >= 0.6 is 0 Å². The number of nitrogens with one attached hydrogen (secondary N) is 1. The van der Waals surface area contributed by atoms with Crippen molar-refractivity contribution >= 4 is 17.7 Å². The van der Waals surface area contributed by atoms with Crippen molar-refractivity contribution in [2.75, 3.05) is 19.7 Å². The van der Waals surface area contributed by atoms with Gasteiger partial charge in [0.05, 0.1) is 12.5 Å². The molecule has 1 saturated heterocycles. The minimum Gasteiger partial charge on any atom is -0.466 e. The second-order valence-corrected chi connectivity index (χ2v) is 6.57. The molecule has 24 heavy (non-hydrogen) atoms. The first-order valence-corrected chi connectivity index (χ1v) is 8.73. The number of aromatic nitrogens is 1. The number of Topliss-reactive ketones (excluding diaryl/α,β-unsaturated/α-hetero) is 1. The van der Waals surface area contributed by atoms with Crippen LogP contribution in [-0.4, -0.2) is 47.2 Å². The molecular weight excluding hydrogens is 308 g/mol. The maximum Gasteiger partial charge on any atom is 0.309 e. The smallest absolute Gasteiger partial charge is 0.309 e. The molecule has 3 rings (SSSR count). The Morgan fingerprint density at radius 3 is 2.58 bits per heavy atom. The van der Waals surface area contributed by atoms with E-state index in [0.717, 1.165) is 24.1 Å². The molecule has 0 atom stereocenters. The Labute approximate surface area is 141 Å². The third-order valence-corrected chi connectivity index (χ3v) is 5.05. The molecule has 1 fully saturated rings. The van der Waals surface area contributed by atoms with Crippen LogP contribution in [0.1, 0.15) is 64.7 Å². The zero-order valence-corrected chi connectivity index (χ0v) is 14.3. The highest BCUT2D eigenvalue weighted by Gasteiger charge is 2.32. The van der Waals surface area contributed by atoms with Crippen molar-refractivity contribution in [2.24, 2.45) is 5.92 Å². The number of H-pyrrole nitrogens is 1. The fourth-order valence-electron chi connectivity index (χ4n) is 3.72. The van der Waals surface area contributed by atoms with E-state index >= 15 is 0 Å². The summed E-state index contributed by atoms with van der Waals surface area (Å²) in [4.78, 5) is 41.7. The lowest BCUT2D eigenvalue weighted by atomic mass is 9.93. The van der Waals surface area contributed by atoms with Gasteiger partial charge in [0.15, 0.2) is 5.78 Å². The number of rotatable bonds is 3. The fraction of sp³-hybridized carbons (Fsp3) is 0.611. The summed E-state index contributed by atoms with van der Waals surface area (Å²) in [6.07, 6.45) is 3.47. The summed E-state index contributed by atoms with van der Waals surface area (Å²) in [6.45, 7) is 5.11. The number of nitrogens with zero attached hydrogens (tertiary/aromatic N) is 1. The Balaban J connectivity index is 1.70. The average Bonchev–Trinajstić information content (AvgIpc) is 2.93. The molecule has 1 amide bonds. The Hall–Kier alpha value is -2.11. The number of aryl methyl sites for hydroxylation is 1. The molecule has 6 heteroatoms. The molecule has 1 N–H and O–H groups in total. The molecule has 0 aromatic carbocycles. The lowest BCUT2D eigenvalue weighted by Gasteiger charge is -2.30. The van der Waals surface area contributed by atoms with Gasteiger partial charge >= 0.3 is 5.97 Å². The minimum absolute atomic E-state index is 0.0722. The van der Waals surface area contributed by atoms with E-state index in [0.29, 0.717) is 50.2 Å². The zero-order chi connectivity index (χ0) is 17.3. The number of esters is 1. The summed E-state index contributed by atoms with van der Waals surface area (Å²) in [6, 6.07) is 0. The largest absolute Gasteiger partial charge is 0.466 e. The van der Waals surface area contributed by atoms with Crippen molar-refractivity contribution in [2.45, 2.75) is 46.0 Å². The van der Waals surface area contributed by atoms with Gasteiger partial charge < -0.3 is 14.6 Å². The van der Waals surface area contributed by atoms with Gasteiger partial charge in [0.25, 0.3) is 5.91 Å². The Morgan fingerprint density at radius 1 is 1.25 bits per heavy atom. The number of aromatic amines is 1. The van der Waals surface area contributed by atoms with Crippen molar-refractivity contribution in [1.82, 2.24) is 9.88 Å². The summed E-state index contributed by atoms with van der Waals surface area (Å²) in [5, 5.41) is 0. The van der Waals surface area contributed by atoms with Gasteiger partial charge in [-0.25, -0.2) is 0 Å². The van der Waals surface area contributed by atoms with E-state index in [1.165, 1.54) is 0 Å². The maximum atomic E-state index is 12.8. The van der Waals surface area contributed by atoms with Crippen LogP contribution in [0.2, 0.25) is 0 Å². The van der Waals surface area contributed by atoms with Gasteiger partial charge in [-0.1, -0.05) is 0 Å². The van der Waals surface area contributed by atoms with E-state index in [-0.39, 0.29) is 23.6 Å². The molecule has 1 aromatic heterocycles. The quantitative estimate of drug-likeness (QED) is 0.861. The number of fused-ring (bicyclic) bond motifs is 1. The van der Waals surface area contributed by atoms with Gasteiger partial charge in [0, 0.05) is 30.8 Å². The van der Waals surface area contributed by atoms with Crippen molar-refractivity contribution in [3.8, 4) is 0 Å². The summed E-state index contributed by atoms with van der Waals surface area (Å²) >= 11 is 0. The molecule has 1 aromatic rings. The molecule has 0 spiro atoms. The van der Waals surface area contributed by atoms with Gasteiger partial charge in [-0.3, -0.25) is 14.4 Å². The molecule has 6 nitrogen and oxygen atoms in total. The van der Waals surface area contributed by atoms with Crippen LogP contribution in [0.4, 0.5) is 0 Å². The summed E-state index contributed by atoms with van der Waals surface area (Å²) < 4.78 is 5.06. The van der Waals surface area contributed by atoms with Crippen LogP contribution in [0.15, 0.2) is 0 Å². The van der Waals surface area contributed by atoms with Crippen LogP contribution in [0.3, 0.4) is 0 Å². The molecule has 0 radical (unpaired) electrons. The van der Waals surface area contributed by atoms with Gasteiger partial charge in [0.1, 0.15) is 5.69 Å². The monoisotopic (exact) mass is 332 g/mol. The summed E-state index contributed by atoms with van der Waals surface area (Å²) in [7, 11) is 0. The van der Waals surface area contributed by atoms with Gasteiger partial charge in [-0.05, 0) is 45.1 Å². The van der Waals surface area contributed by atoms with Crippen LogP contribution in [-0.2, 0) is 16.0 Å². The molecule has 0 bridgehead atoms. The van der Waals surface area contributed by atoms with Gasteiger partial charge in [-0.15, -0.1) is 0 Å². The van der Waals surface area contributed by atoms with E-state index in [2.05, 4.69) is 4.98 Å². The molecule has 2 aliphatic rings. The molecule has 0 unspecified atom stereocenters. The summed E-state index contributed by atoms with van der Waals surface area (Å²) in [5.74, 6) is -0.225. The highest BCUT2D eigenvalue weighted by molar-refractivity contribution is 6.04. The van der Waals surface area contributed by atoms with Crippen molar-refractivity contribution in [3.05, 3.63) is 22.5 Å². The molecule has 2 heterocycles. The van der Waals surface area contributed by atoms with E-state index < -0.39 is 0 Å². The number of ketones is 1. The topological polar surface area (TPSA) is 79.5 Å². The Bertz CT molecular complexity index is 669. The van der Waals surface area contributed by atoms with E-state index in [1.807, 2.05) is 6.92 Å². The molecular formula is C18H24N2O4. The molecule has 0 saturated carbocycles. The highest BCUT2D eigenvalue weighted by atomic mass is 16.5. The average molecular weight is 332 g/mol.